The van der Waals surface area contributed by atoms with Crippen LogP contribution in [-0.2, 0) is 16.6 Å². The molecule has 8 heteroatoms. The molecule has 0 amide bonds. The van der Waals surface area contributed by atoms with Crippen LogP contribution in [-0.4, -0.2) is 54.9 Å². The first-order valence-electron chi connectivity index (χ1n) is 7.96. The lowest BCUT2D eigenvalue weighted by atomic mass is 10.1. The number of thiophene rings is 1. The first-order valence-corrected chi connectivity index (χ1v) is 10.3. The van der Waals surface area contributed by atoms with Gasteiger partial charge in [-0.1, -0.05) is 29.8 Å². The predicted molar refractivity (Wildman–Crippen MR) is 96.5 cm³/mol. The van der Waals surface area contributed by atoms with Gasteiger partial charge in [0.05, 0.1) is 4.90 Å². The highest BCUT2D eigenvalue weighted by atomic mass is 32.2. The molecule has 0 unspecified atom stereocenters. The van der Waals surface area contributed by atoms with Gasteiger partial charge in [0.15, 0.2) is 0 Å². The second kappa shape index (κ2) is 7.25. The van der Waals surface area contributed by atoms with E-state index in [1.165, 1.54) is 26.9 Å². The van der Waals surface area contributed by atoms with Gasteiger partial charge in [0, 0.05) is 38.1 Å². The van der Waals surface area contributed by atoms with Crippen molar-refractivity contribution in [3.63, 3.8) is 0 Å². The Morgan fingerprint density at radius 2 is 1.92 bits per heavy atom. The van der Waals surface area contributed by atoms with Gasteiger partial charge < -0.3 is 5.11 Å². The highest BCUT2D eigenvalue weighted by molar-refractivity contribution is 7.89. The number of aromatic carboxylic acids is 1. The van der Waals surface area contributed by atoms with Crippen molar-refractivity contribution >= 4 is 27.3 Å². The Morgan fingerprint density at radius 3 is 2.52 bits per heavy atom. The minimum Gasteiger partial charge on any atom is -0.477 e. The van der Waals surface area contributed by atoms with Crippen LogP contribution in [0.15, 0.2) is 40.6 Å². The third-order valence-corrected chi connectivity index (χ3v) is 7.19. The molecular weight excluding hydrogens is 360 g/mol. The summed E-state index contributed by atoms with van der Waals surface area (Å²) in [7, 11) is -3.62. The van der Waals surface area contributed by atoms with Gasteiger partial charge in [-0.05, 0) is 18.6 Å². The second-order valence-corrected chi connectivity index (χ2v) is 8.97. The Morgan fingerprint density at radius 1 is 1.20 bits per heavy atom. The fourth-order valence-electron chi connectivity index (χ4n) is 2.91. The topological polar surface area (TPSA) is 77.9 Å². The van der Waals surface area contributed by atoms with Crippen LogP contribution in [0.1, 0.15) is 20.8 Å². The lowest BCUT2D eigenvalue weighted by Gasteiger charge is -2.33. The number of hydrogen-bond acceptors (Lipinski definition) is 5. The van der Waals surface area contributed by atoms with Crippen molar-refractivity contribution in [1.29, 1.82) is 0 Å². The zero-order chi connectivity index (χ0) is 18.0. The van der Waals surface area contributed by atoms with Crippen LogP contribution in [0.3, 0.4) is 0 Å². The Balaban J connectivity index is 1.63. The first-order chi connectivity index (χ1) is 11.9. The van der Waals surface area contributed by atoms with Crippen molar-refractivity contribution in [3.8, 4) is 0 Å². The molecule has 0 spiro atoms. The Kier molecular flexibility index (Phi) is 5.24. The van der Waals surface area contributed by atoms with Crippen molar-refractivity contribution in [1.82, 2.24) is 9.21 Å². The van der Waals surface area contributed by atoms with Crippen LogP contribution < -0.4 is 0 Å². The maximum absolute atomic E-state index is 12.7. The predicted octanol–water partition coefficient (Wildman–Crippen LogP) is 2.26. The number of carboxylic acid groups (broad SMARTS) is 1. The van der Waals surface area contributed by atoms with Gasteiger partial charge >= 0.3 is 5.97 Å². The minimum absolute atomic E-state index is 0.0386. The number of aryl methyl sites for hydroxylation is 1. The molecular formula is C17H20N2O4S2. The average Bonchev–Trinajstić information content (AvgIpc) is 3.06. The van der Waals surface area contributed by atoms with E-state index < -0.39 is 16.0 Å². The van der Waals surface area contributed by atoms with E-state index in [0.29, 0.717) is 26.2 Å². The summed E-state index contributed by atoms with van der Waals surface area (Å²) in [5.74, 6) is -1.10. The molecule has 25 heavy (non-hydrogen) atoms. The molecule has 1 saturated heterocycles. The highest BCUT2D eigenvalue weighted by Crippen LogP contribution is 2.24. The van der Waals surface area contributed by atoms with E-state index in [-0.39, 0.29) is 9.77 Å². The van der Waals surface area contributed by atoms with E-state index in [2.05, 4.69) is 30.0 Å². The van der Waals surface area contributed by atoms with Crippen molar-refractivity contribution in [2.24, 2.45) is 0 Å². The van der Waals surface area contributed by atoms with E-state index >= 15 is 0 Å². The molecule has 0 aliphatic carbocycles. The van der Waals surface area contributed by atoms with Crippen molar-refractivity contribution in [3.05, 3.63) is 51.7 Å². The molecule has 0 atom stereocenters. The van der Waals surface area contributed by atoms with E-state index in [4.69, 9.17) is 5.11 Å². The van der Waals surface area contributed by atoms with Gasteiger partial charge in [0.1, 0.15) is 4.88 Å². The summed E-state index contributed by atoms with van der Waals surface area (Å²) in [5, 5.41) is 10.4. The molecule has 1 N–H and O–H groups in total. The Labute approximate surface area is 151 Å². The van der Waals surface area contributed by atoms with E-state index in [9.17, 15) is 13.2 Å². The highest BCUT2D eigenvalue weighted by Gasteiger charge is 2.29. The van der Waals surface area contributed by atoms with Crippen LogP contribution in [0.2, 0.25) is 0 Å². The summed E-state index contributed by atoms with van der Waals surface area (Å²) in [6.07, 6.45) is 0. The van der Waals surface area contributed by atoms with Gasteiger partial charge in [-0.3, -0.25) is 4.90 Å². The molecule has 0 saturated carbocycles. The number of hydrogen-bond donors (Lipinski definition) is 1. The summed E-state index contributed by atoms with van der Waals surface area (Å²) >= 11 is 0.936. The molecule has 1 fully saturated rings. The molecule has 2 aromatic rings. The standard InChI is InChI=1S/C17H20N2O4S2/c1-13-3-2-4-14(9-13)11-18-5-7-19(8-6-18)25(22,23)15-10-16(17(20)21)24-12-15/h2-4,9-10,12H,5-8,11H2,1H3,(H,20,21). The zero-order valence-electron chi connectivity index (χ0n) is 13.9. The quantitative estimate of drug-likeness (QED) is 0.861. The van der Waals surface area contributed by atoms with Gasteiger partial charge in [0.25, 0.3) is 0 Å². The number of sulfonamides is 1. The maximum atomic E-state index is 12.7. The molecule has 1 aliphatic rings. The number of rotatable bonds is 5. The van der Waals surface area contributed by atoms with Crippen LogP contribution in [0.25, 0.3) is 0 Å². The zero-order valence-corrected chi connectivity index (χ0v) is 15.5. The summed E-state index contributed by atoms with van der Waals surface area (Å²) in [6, 6.07) is 9.54. The van der Waals surface area contributed by atoms with E-state index in [0.717, 1.165) is 17.9 Å². The monoisotopic (exact) mass is 380 g/mol. The summed E-state index contributed by atoms with van der Waals surface area (Å²) < 4.78 is 26.7. The van der Waals surface area contributed by atoms with Crippen molar-refractivity contribution in [2.45, 2.75) is 18.4 Å². The molecule has 3 rings (SSSR count). The largest absolute Gasteiger partial charge is 0.477 e. The minimum atomic E-state index is -3.62. The smallest absolute Gasteiger partial charge is 0.345 e. The number of benzene rings is 1. The maximum Gasteiger partial charge on any atom is 0.345 e. The van der Waals surface area contributed by atoms with Gasteiger partial charge in [-0.2, -0.15) is 4.31 Å². The molecule has 134 valence electrons. The molecule has 0 radical (unpaired) electrons. The third kappa shape index (κ3) is 4.09. The number of nitrogens with zero attached hydrogens (tertiary/aromatic N) is 2. The molecule has 1 aromatic carbocycles. The number of carboxylic acids is 1. The van der Waals surface area contributed by atoms with E-state index in [1.807, 2.05) is 6.07 Å². The fraction of sp³-hybridized carbons (Fsp3) is 0.353. The van der Waals surface area contributed by atoms with Crippen LogP contribution in [0.4, 0.5) is 0 Å². The summed E-state index contributed by atoms with van der Waals surface area (Å²) in [6.45, 7) is 4.99. The van der Waals surface area contributed by atoms with Crippen LogP contribution in [0.5, 0.6) is 0 Å². The molecule has 1 aromatic heterocycles. The normalized spacial score (nSPS) is 16.8. The molecule has 0 bridgehead atoms. The Bertz CT molecular complexity index is 868. The van der Waals surface area contributed by atoms with Gasteiger partial charge in [-0.15, -0.1) is 11.3 Å². The molecule has 2 heterocycles. The lowest BCUT2D eigenvalue weighted by molar-refractivity contribution is 0.0702. The van der Waals surface area contributed by atoms with Gasteiger partial charge in [0.2, 0.25) is 10.0 Å². The summed E-state index contributed by atoms with van der Waals surface area (Å²) in [4.78, 5) is 13.3. The van der Waals surface area contributed by atoms with Crippen LogP contribution in [0, 0.1) is 6.92 Å². The summed E-state index contributed by atoms with van der Waals surface area (Å²) in [5.41, 5.74) is 2.44. The number of carbonyl (C=O) groups is 1. The van der Waals surface area contributed by atoms with Crippen molar-refractivity contribution < 1.29 is 18.3 Å². The lowest BCUT2D eigenvalue weighted by Crippen LogP contribution is -2.48. The second-order valence-electron chi connectivity index (χ2n) is 6.12. The van der Waals surface area contributed by atoms with Gasteiger partial charge in [-0.25, -0.2) is 13.2 Å². The van der Waals surface area contributed by atoms with Crippen LogP contribution >= 0.6 is 11.3 Å². The fourth-order valence-corrected chi connectivity index (χ4v) is 5.43. The average molecular weight is 380 g/mol. The van der Waals surface area contributed by atoms with Crippen molar-refractivity contribution in [2.75, 3.05) is 26.2 Å². The molecule has 6 nitrogen and oxygen atoms in total. The van der Waals surface area contributed by atoms with E-state index in [1.54, 1.807) is 0 Å². The third-order valence-electron chi connectivity index (χ3n) is 4.24. The SMILES string of the molecule is Cc1cccc(CN2CCN(S(=O)(=O)c3csc(C(=O)O)c3)CC2)c1. The Hall–Kier alpha value is -1.74. The first kappa shape index (κ1) is 18.1. The molecule has 1 aliphatic heterocycles. The number of piperazine rings is 1.